The van der Waals surface area contributed by atoms with Crippen molar-refractivity contribution in [1.29, 1.82) is 0 Å². The van der Waals surface area contributed by atoms with Gasteiger partial charge in [0.1, 0.15) is 0 Å². The van der Waals surface area contributed by atoms with Crippen molar-refractivity contribution in [2.24, 2.45) is 7.05 Å². The van der Waals surface area contributed by atoms with E-state index >= 15 is 0 Å². The highest BCUT2D eigenvalue weighted by Gasteiger charge is 2.16. The number of nitrogens with zero attached hydrogens (tertiary/aromatic N) is 1. The van der Waals surface area contributed by atoms with E-state index in [1.54, 1.807) is 41.9 Å². The summed E-state index contributed by atoms with van der Waals surface area (Å²) in [6.07, 6.45) is -0.368. The lowest BCUT2D eigenvalue weighted by Crippen LogP contribution is -2.27. The molecule has 0 aliphatic rings. The van der Waals surface area contributed by atoms with E-state index in [4.69, 9.17) is 5.11 Å². The van der Waals surface area contributed by atoms with Gasteiger partial charge in [-0.25, -0.2) is 13.1 Å². The first-order valence-electron chi connectivity index (χ1n) is 8.34. The molecule has 0 aliphatic carbocycles. The van der Waals surface area contributed by atoms with E-state index in [-0.39, 0.29) is 25.1 Å². The van der Waals surface area contributed by atoms with Gasteiger partial charge in [-0.2, -0.15) is 0 Å². The van der Waals surface area contributed by atoms with E-state index in [0.29, 0.717) is 12.1 Å². The zero-order valence-electron chi connectivity index (χ0n) is 14.6. The molecule has 0 saturated heterocycles. The van der Waals surface area contributed by atoms with Gasteiger partial charge in [0.2, 0.25) is 10.0 Å². The second-order valence-electron chi connectivity index (χ2n) is 6.15. The van der Waals surface area contributed by atoms with Crippen LogP contribution in [-0.2, 0) is 34.0 Å². The zero-order chi connectivity index (χ0) is 19.2. The Morgan fingerprint density at radius 2 is 1.88 bits per heavy atom. The number of aliphatic hydroxyl groups excluding tert-OH is 1. The van der Waals surface area contributed by atoms with Gasteiger partial charge >= 0.3 is 5.97 Å². The van der Waals surface area contributed by atoms with Crippen molar-refractivity contribution in [2.75, 3.05) is 6.54 Å². The van der Waals surface area contributed by atoms with Crippen LogP contribution in [0.2, 0.25) is 0 Å². The van der Waals surface area contributed by atoms with Gasteiger partial charge in [-0.3, -0.25) is 4.79 Å². The molecule has 1 unspecified atom stereocenters. The Hall–Kier alpha value is -2.16. The lowest BCUT2D eigenvalue weighted by molar-refractivity contribution is -0.137. The monoisotopic (exact) mass is 380 g/mol. The summed E-state index contributed by atoms with van der Waals surface area (Å²) < 4.78 is 28.6. The maximum absolute atomic E-state index is 12.1. The number of sulfonamides is 1. The molecular formula is C18H24N2O5S. The first kappa shape index (κ1) is 20.2. The molecular weight excluding hydrogens is 356 g/mol. The van der Waals surface area contributed by atoms with Gasteiger partial charge in [-0.15, -0.1) is 0 Å². The van der Waals surface area contributed by atoms with Crippen molar-refractivity contribution in [2.45, 2.75) is 31.1 Å². The summed E-state index contributed by atoms with van der Waals surface area (Å²) >= 11 is 0. The van der Waals surface area contributed by atoms with Crippen LogP contribution in [0.4, 0.5) is 0 Å². The molecule has 0 bridgehead atoms. The topological polar surface area (TPSA) is 109 Å². The second-order valence-corrected chi connectivity index (χ2v) is 7.95. The molecule has 1 heterocycles. The predicted molar refractivity (Wildman–Crippen MR) is 98.0 cm³/mol. The van der Waals surface area contributed by atoms with E-state index in [1.165, 1.54) is 0 Å². The van der Waals surface area contributed by atoms with Crippen LogP contribution < -0.4 is 4.72 Å². The van der Waals surface area contributed by atoms with Crippen LogP contribution in [0.5, 0.6) is 0 Å². The number of benzene rings is 1. The summed E-state index contributed by atoms with van der Waals surface area (Å²) in [5.74, 6) is -1.02. The SMILES string of the molecule is Cn1c(CCNS(=O)(=O)Cc2ccccc2)ccc1C(O)CCC(=O)O. The van der Waals surface area contributed by atoms with E-state index in [9.17, 15) is 18.3 Å². The Balaban J connectivity index is 1.89. The predicted octanol–water partition coefficient (Wildman–Crippen LogP) is 1.59. The van der Waals surface area contributed by atoms with Crippen LogP contribution in [0.1, 0.15) is 35.9 Å². The zero-order valence-corrected chi connectivity index (χ0v) is 15.4. The van der Waals surface area contributed by atoms with Gasteiger partial charge in [-0.1, -0.05) is 30.3 Å². The molecule has 1 atom stereocenters. The number of aliphatic hydroxyl groups is 1. The number of hydrogen-bond acceptors (Lipinski definition) is 4. The summed E-state index contributed by atoms with van der Waals surface area (Å²) in [5.41, 5.74) is 2.20. The van der Waals surface area contributed by atoms with Gasteiger partial charge in [0.15, 0.2) is 0 Å². The minimum atomic E-state index is -3.42. The number of aliphatic carboxylic acids is 1. The molecule has 0 spiro atoms. The number of hydrogen-bond donors (Lipinski definition) is 3. The first-order valence-corrected chi connectivity index (χ1v) is 9.99. The van der Waals surface area contributed by atoms with Gasteiger partial charge in [0.25, 0.3) is 0 Å². The van der Waals surface area contributed by atoms with Crippen LogP contribution in [0.25, 0.3) is 0 Å². The average molecular weight is 380 g/mol. The first-order chi connectivity index (χ1) is 12.3. The smallest absolute Gasteiger partial charge is 0.303 e. The largest absolute Gasteiger partial charge is 0.481 e. The molecule has 0 fully saturated rings. The summed E-state index contributed by atoms with van der Waals surface area (Å²) in [6, 6.07) is 12.5. The molecule has 8 heteroatoms. The van der Waals surface area contributed by atoms with E-state index in [2.05, 4.69) is 4.72 Å². The third-order valence-electron chi connectivity index (χ3n) is 4.14. The van der Waals surface area contributed by atoms with Gasteiger partial charge < -0.3 is 14.8 Å². The summed E-state index contributed by atoms with van der Waals surface area (Å²) in [4.78, 5) is 10.6. The van der Waals surface area contributed by atoms with Gasteiger partial charge in [0.05, 0.1) is 11.9 Å². The third-order valence-corrected chi connectivity index (χ3v) is 5.50. The van der Waals surface area contributed by atoms with Crippen LogP contribution in [-0.4, -0.2) is 35.7 Å². The third kappa shape index (κ3) is 5.98. The van der Waals surface area contributed by atoms with Crippen molar-refractivity contribution >= 4 is 16.0 Å². The highest BCUT2D eigenvalue weighted by Crippen LogP contribution is 2.20. The van der Waals surface area contributed by atoms with Crippen LogP contribution in [0, 0.1) is 0 Å². The summed E-state index contributed by atoms with van der Waals surface area (Å²) in [5, 5.41) is 18.8. The minimum absolute atomic E-state index is 0.0693. The summed E-state index contributed by atoms with van der Waals surface area (Å²) in [6.45, 7) is 0.248. The molecule has 1 aromatic heterocycles. The van der Waals surface area contributed by atoms with Crippen molar-refractivity contribution in [3.63, 3.8) is 0 Å². The van der Waals surface area contributed by atoms with Crippen LogP contribution in [0.15, 0.2) is 42.5 Å². The highest BCUT2D eigenvalue weighted by atomic mass is 32.2. The Bertz CT molecular complexity index is 831. The van der Waals surface area contributed by atoms with Gasteiger partial charge in [0, 0.05) is 37.8 Å². The Kier molecular flexibility index (Phi) is 6.96. The minimum Gasteiger partial charge on any atom is -0.481 e. The van der Waals surface area contributed by atoms with E-state index in [1.807, 2.05) is 12.1 Å². The maximum Gasteiger partial charge on any atom is 0.303 e. The van der Waals surface area contributed by atoms with Crippen molar-refractivity contribution < 1.29 is 23.4 Å². The fourth-order valence-electron chi connectivity index (χ4n) is 2.74. The molecule has 0 radical (unpaired) electrons. The average Bonchev–Trinajstić information content (AvgIpc) is 2.94. The van der Waals surface area contributed by atoms with Crippen molar-refractivity contribution in [1.82, 2.24) is 9.29 Å². The fourth-order valence-corrected chi connectivity index (χ4v) is 3.89. The number of carboxylic acids is 1. The molecule has 142 valence electrons. The number of nitrogens with one attached hydrogen (secondary N) is 1. The van der Waals surface area contributed by atoms with Crippen LogP contribution >= 0.6 is 0 Å². The van der Waals surface area contributed by atoms with E-state index < -0.39 is 22.1 Å². The second kappa shape index (κ2) is 8.98. The molecule has 1 aromatic carbocycles. The maximum atomic E-state index is 12.1. The number of aromatic nitrogens is 1. The fraction of sp³-hybridized carbons (Fsp3) is 0.389. The Morgan fingerprint density at radius 3 is 2.54 bits per heavy atom. The molecule has 3 N–H and O–H groups in total. The lowest BCUT2D eigenvalue weighted by Gasteiger charge is -2.13. The standard InChI is InChI=1S/C18H24N2O5S/c1-20-15(7-8-16(20)17(21)9-10-18(22)23)11-12-19-26(24,25)13-14-5-3-2-4-6-14/h2-8,17,19,21H,9-13H2,1H3,(H,22,23). The Morgan fingerprint density at radius 1 is 1.19 bits per heavy atom. The molecule has 2 rings (SSSR count). The molecule has 2 aromatic rings. The Labute approximate surface area is 153 Å². The molecule has 0 saturated carbocycles. The summed E-state index contributed by atoms with van der Waals surface area (Å²) in [7, 11) is -1.65. The van der Waals surface area contributed by atoms with Crippen molar-refractivity contribution in [3.8, 4) is 0 Å². The molecule has 0 amide bonds. The highest BCUT2D eigenvalue weighted by molar-refractivity contribution is 7.88. The number of carbonyl (C=O) groups is 1. The molecule has 7 nitrogen and oxygen atoms in total. The van der Waals surface area contributed by atoms with Crippen molar-refractivity contribution in [3.05, 3.63) is 59.4 Å². The normalized spacial score (nSPS) is 12.8. The number of carboxylic acid groups (broad SMARTS) is 1. The molecule has 26 heavy (non-hydrogen) atoms. The quantitative estimate of drug-likeness (QED) is 0.580. The molecule has 0 aliphatic heterocycles. The van der Waals surface area contributed by atoms with Crippen LogP contribution in [0.3, 0.4) is 0 Å². The number of rotatable bonds is 10. The van der Waals surface area contributed by atoms with E-state index in [0.717, 1.165) is 11.3 Å². The lowest BCUT2D eigenvalue weighted by atomic mass is 10.1. The van der Waals surface area contributed by atoms with Gasteiger partial charge in [-0.05, 0) is 24.1 Å².